The molecule has 138 valence electrons. The molecule has 4 rings (SSSR count). The molecular weight excluding hydrogens is 326 g/mol. The zero-order valence-corrected chi connectivity index (χ0v) is 15.6. The van der Waals surface area contributed by atoms with Crippen LogP contribution < -0.4 is 5.32 Å². The first-order valence-corrected chi connectivity index (χ1v) is 9.43. The number of nitrogens with one attached hydrogen (secondary N) is 1. The van der Waals surface area contributed by atoms with Gasteiger partial charge in [-0.1, -0.05) is 24.3 Å². The Bertz CT molecular complexity index is 786. The average Bonchev–Trinajstić information content (AvgIpc) is 3.16. The maximum atomic E-state index is 12.7. The summed E-state index contributed by atoms with van der Waals surface area (Å²) in [4.78, 5) is 17.2. The number of rotatable bonds is 3. The molecule has 2 aliphatic rings. The van der Waals surface area contributed by atoms with Crippen LogP contribution in [-0.2, 0) is 13.6 Å². The van der Waals surface area contributed by atoms with E-state index in [-0.39, 0.29) is 6.03 Å². The Morgan fingerprint density at radius 1 is 1.19 bits per heavy atom. The van der Waals surface area contributed by atoms with Crippen LogP contribution in [0.25, 0.3) is 11.1 Å². The summed E-state index contributed by atoms with van der Waals surface area (Å²) < 4.78 is 1.80. The van der Waals surface area contributed by atoms with Gasteiger partial charge in [0.1, 0.15) is 0 Å². The van der Waals surface area contributed by atoms with Gasteiger partial charge in [-0.25, -0.2) is 4.79 Å². The molecule has 6 nitrogen and oxygen atoms in total. The number of urea groups is 1. The summed E-state index contributed by atoms with van der Waals surface area (Å²) in [6.45, 7) is 2.22. The first-order valence-electron chi connectivity index (χ1n) is 9.43. The van der Waals surface area contributed by atoms with Crippen molar-refractivity contribution in [1.29, 1.82) is 0 Å². The Morgan fingerprint density at radius 3 is 2.81 bits per heavy atom. The molecule has 2 unspecified atom stereocenters. The standard InChI is InChI=1S/C20H27N5O/c1-23-13-16(12-22-23)19-6-4-3-5-15(19)11-21-20(26)25-10-9-17-7-8-18(14-25)24(17)2/h3-6,12-13,17-18H,7-11,14H2,1-2H3,(H,21,26). The molecular formula is C20H27N5O. The molecule has 2 aromatic rings. The molecule has 2 aliphatic heterocycles. The SMILES string of the molecule is CN1C2CCC1CN(C(=O)NCc1ccccc1-c1cnn(C)c1)CC2. The van der Waals surface area contributed by atoms with Crippen LogP contribution in [0.1, 0.15) is 24.8 Å². The van der Waals surface area contributed by atoms with Gasteiger partial charge in [-0.05, 0) is 37.4 Å². The minimum atomic E-state index is 0.0481. The highest BCUT2D eigenvalue weighted by Crippen LogP contribution is 2.28. The highest BCUT2D eigenvalue weighted by atomic mass is 16.2. The molecule has 0 aliphatic carbocycles. The van der Waals surface area contributed by atoms with Gasteiger partial charge in [0.25, 0.3) is 0 Å². The first kappa shape index (κ1) is 17.1. The minimum absolute atomic E-state index is 0.0481. The molecule has 2 atom stereocenters. The number of benzene rings is 1. The molecule has 1 N–H and O–H groups in total. The summed E-state index contributed by atoms with van der Waals surface area (Å²) in [5.41, 5.74) is 3.31. The zero-order chi connectivity index (χ0) is 18.1. The van der Waals surface area contributed by atoms with E-state index in [2.05, 4.69) is 34.5 Å². The number of likely N-dealkylation sites (N-methyl/N-ethyl adjacent to an activating group) is 1. The monoisotopic (exact) mass is 353 g/mol. The van der Waals surface area contributed by atoms with Gasteiger partial charge in [0, 0.05) is 50.5 Å². The topological polar surface area (TPSA) is 53.4 Å². The van der Waals surface area contributed by atoms with E-state index < -0.39 is 0 Å². The lowest BCUT2D eigenvalue weighted by Gasteiger charge is -2.26. The molecule has 2 bridgehead atoms. The predicted octanol–water partition coefficient (Wildman–Crippen LogP) is 2.47. The Morgan fingerprint density at radius 2 is 2.00 bits per heavy atom. The fraction of sp³-hybridized carbons (Fsp3) is 0.500. The third-order valence-electron chi connectivity index (χ3n) is 5.90. The number of aromatic nitrogens is 2. The van der Waals surface area contributed by atoms with Gasteiger partial charge < -0.3 is 10.2 Å². The number of amides is 2. The van der Waals surface area contributed by atoms with E-state index in [1.165, 1.54) is 12.8 Å². The fourth-order valence-corrected chi connectivity index (χ4v) is 4.29. The van der Waals surface area contributed by atoms with Crippen LogP contribution in [0.5, 0.6) is 0 Å². The number of likely N-dealkylation sites (tertiary alicyclic amines) is 1. The third kappa shape index (κ3) is 3.33. The fourth-order valence-electron chi connectivity index (χ4n) is 4.29. The summed E-state index contributed by atoms with van der Waals surface area (Å²) in [5.74, 6) is 0. The van der Waals surface area contributed by atoms with Crippen LogP contribution in [0.4, 0.5) is 4.79 Å². The van der Waals surface area contributed by atoms with Gasteiger partial charge in [-0.15, -0.1) is 0 Å². The third-order valence-corrected chi connectivity index (χ3v) is 5.90. The van der Waals surface area contributed by atoms with Crippen molar-refractivity contribution in [2.75, 3.05) is 20.1 Å². The molecule has 2 saturated heterocycles. The van der Waals surface area contributed by atoms with Crippen LogP contribution in [0.15, 0.2) is 36.7 Å². The quantitative estimate of drug-likeness (QED) is 0.922. The molecule has 2 fully saturated rings. The number of aryl methyl sites for hydroxylation is 1. The number of carbonyl (C=O) groups excluding carboxylic acids is 1. The first-order chi connectivity index (χ1) is 12.6. The van der Waals surface area contributed by atoms with E-state index in [0.29, 0.717) is 18.6 Å². The molecule has 6 heteroatoms. The van der Waals surface area contributed by atoms with E-state index in [1.54, 1.807) is 4.68 Å². The van der Waals surface area contributed by atoms with Gasteiger partial charge in [0.15, 0.2) is 0 Å². The summed E-state index contributed by atoms with van der Waals surface area (Å²) in [7, 11) is 4.12. The molecule has 26 heavy (non-hydrogen) atoms. The number of nitrogens with zero attached hydrogens (tertiary/aromatic N) is 4. The number of carbonyl (C=O) groups is 1. The summed E-state index contributed by atoms with van der Waals surface area (Å²) in [6.07, 6.45) is 7.42. The van der Waals surface area contributed by atoms with Crippen LogP contribution in [0.2, 0.25) is 0 Å². The maximum Gasteiger partial charge on any atom is 0.317 e. The van der Waals surface area contributed by atoms with Gasteiger partial charge in [-0.2, -0.15) is 5.10 Å². The van der Waals surface area contributed by atoms with E-state index >= 15 is 0 Å². The Labute approximate surface area is 154 Å². The summed E-state index contributed by atoms with van der Waals surface area (Å²) >= 11 is 0. The van der Waals surface area contributed by atoms with Crippen molar-refractivity contribution >= 4 is 6.03 Å². The van der Waals surface area contributed by atoms with Gasteiger partial charge in [0.2, 0.25) is 0 Å². The number of hydrogen-bond acceptors (Lipinski definition) is 3. The molecule has 2 amide bonds. The highest BCUT2D eigenvalue weighted by Gasteiger charge is 2.35. The second-order valence-electron chi connectivity index (χ2n) is 7.50. The van der Waals surface area contributed by atoms with E-state index in [4.69, 9.17) is 0 Å². The lowest BCUT2D eigenvalue weighted by atomic mass is 10.0. The molecule has 1 aromatic heterocycles. The van der Waals surface area contributed by atoms with Crippen molar-refractivity contribution in [3.05, 3.63) is 42.2 Å². The van der Waals surface area contributed by atoms with Crippen molar-refractivity contribution in [2.45, 2.75) is 37.9 Å². The smallest absolute Gasteiger partial charge is 0.317 e. The van der Waals surface area contributed by atoms with Crippen molar-refractivity contribution in [3.63, 3.8) is 0 Å². The summed E-state index contributed by atoms with van der Waals surface area (Å²) in [6, 6.07) is 9.39. The van der Waals surface area contributed by atoms with Crippen molar-refractivity contribution < 1.29 is 4.79 Å². The average molecular weight is 353 g/mol. The normalized spacial score (nSPS) is 23.1. The Hall–Kier alpha value is -2.34. The molecule has 0 radical (unpaired) electrons. The van der Waals surface area contributed by atoms with Crippen molar-refractivity contribution in [2.24, 2.45) is 7.05 Å². The molecule has 0 spiro atoms. The molecule has 1 aromatic carbocycles. The zero-order valence-electron chi connectivity index (χ0n) is 15.6. The number of hydrogen-bond donors (Lipinski definition) is 1. The van der Waals surface area contributed by atoms with Crippen molar-refractivity contribution in [3.8, 4) is 11.1 Å². The highest BCUT2D eigenvalue weighted by molar-refractivity contribution is 5.75. The number of fused-ring (bicyclic) bond motifs is 2. The van der Waals surface area contributed by atoms with Crippen LogP contribution in [0.3, 0.4) is 0 Å². The molecule has 0 saturated carbocycles. The minimum Gasteiger partial charge on any atom is -0.334 e. The van der Waals surface area contributed by atoms with E-state index in [9.17, 15) is 4.79 Å². The lowest BCUT2D eigenvalue weighted by Crippen LogP contribution is -2.44. The van der Waals surface area contributed by atoms with Crippen LogP contribution in [-0.4, -0.2) is 57.8 Å². The Balaban J connectivity index is 1.42. The second kappa shape index (κ2) is 7.11. The van der Waals surface area contributed by atoms with Crippen LogP contribution in [0, 0.1) is 0 Å². The summed E-state index contributed by atoms with van der Waals surface area (Å²) in [5, 5.41) is 7.39. The van der Waals surface area contributed by atoms with Crippen molar-refractivity contribution in [1.82, 2.24) is 24.9 Å². The molecule has 3 heterocycles. The van der Waals surface area contributed by atoms with Gasteiger partial charge in [-0.3, -0.25) is 9.58 Å². The lowest BCUT2D eigenvalue weighted by molar-refractivity contribution is 0.188. The second-order valence-corrected chi connectivity index (χ2v) is 7.50. The largest absolute Gasteiger partial charge is 0.334 e. The van der Waals surface area contributed by atoms with Gasteiger partial charge in [0.05, 0.1) is 6.20 Å². The Kier molecular flexibility index (Phi) is 4.68. The van der Waals surface area contributed by atoms with Gasteiger partial charge >= 0.3 is 6.03 Å². The maximum absolute atomic E-state index is 12.7. The van der Waals surface area contributed by atoms with E-state index in [0.717, 1.165) is 36.2 Å². The van der Waals surface area contributed by atoms with Crippen LogP contribution >= 0.6 is 0 Å². The van der Waals surface area contributed by atoms with E-state index in [1.807, 2.05) is 36.5 Å². The predicted molar refractivity (Wildman–Crippen MR) is 102 cm³/mol.